The molecule has 9 atom stereocenters. The van der Waals surface area contributed by atoms with E-state index in [1.165, 1.54) is 6.92 Å². The Hall–Kier alpha value is -7.86. The van der Waals surface area contributed by atoms with Crippen molar-refractivity contribution >= 4 is 81.0 Å². The van der Waals surface area contributed by atoms with Gasteiger partial charge in [0, 0.05) is 53.5 Å². The smallest absolute Gasteiger partial charge is 0.328 e. The van der Waals surface area contributed by atoms with Crippen LogP contribution < -0.4 is 48.7 Å². The number of primary amides is 1. The summed E-state index contributed by atoms with van der Waals surface area (Å²) < 4.78 is 0. The molecule has 4 rings (SSSR count). The number of amides is 8. The van der Waals surface area contributed by atoms with Gasteiger partial charge >= 0.3 is 11.9 Å². The lowest BCUT2D eigenvalue weighted by Gasteiger charge is -2.28. The van der Waals surface area contributed by atoms with Crippen LogP contribution in [0.15, 0.2) is 60.9 Å². The number of aliphatic hydroxyl groups is 1. The Balaban J connectivity index is 1.63. The fourth-order valence-electron chi connectivity index (χ4n) is 8.13. The van der Waals surface area contributed by atoms with Crippen LogP contribution in [-0.2, 0) is 60.8 Å². The van der Waals surface area contributed by atoms with Crippen molar-refractivity contribution in [1.82, 2.24) is 47.2 Å². The van der Waals surface area contributed by atoms with E-state index < -0.39 is 126 Å². The van der Waals surface area contributed by atoms with E-state index >= 15 is 0 Å². The van der Waals surface area contributed by atoms with Gasteiger partial charge in [-0.1, -0.05) is 64.1 Å². The molecular formula is C50H69N11O13. The van der Waals surface area contributed by atoms with Crippen LogP contribution in [0.25, 0.3) is 21.8 Å². The van der Waals surface area contributed by atoms with Gasteiger partial charge in [0.15, 0.2) is 6.04 Å². The molecule has 74 heavy (non-hydrogen) atoms. The number of rotatable bonds is 29. The van der Waals surface area contributed by atoms with Crippen LogP contribution in [0.5, 0.6) is 0 Å². The van der Waals surface area contributed by atoms with E-state index in [9.17, 15) is 63.3 Å². The fourth-order valence-corrected chi connectivity index (χ4v) is 8.13. The average Bonchev–Trinajstić information content (AvgIpc) is 3.93. The highest BCUT2D eigenvalue weighted by atomic mass is 16.4. The monoisotopic (exact) mass is 1030 g/mol. The van der Waals surface area contributed by atoms with Crippen molar-refractivity contribution in [2.24, 2.45) is 23.3 Å². The van der Waals surface area contributed by atoms with Crippen LogP contribution in [0.3, 0.4) is 0 Å². The molecule has 9 unspecified atom stereocenters. The molecule has 0 radical (unpaired) electrons. The minimum atomic E-state index is -1.78. The maximum atomic E-state index is 14.5. The zero-order valence-corrected chi connectivity index (χ0v) is 42.2. The third-order valence-electron chi connectivity index (χ3n) is 12.0. The van der Waals surface area contributed by atoms with E-state index in [1.54, 1.807) is 74.8 Å². The van der Waals surface area contributed by atoms with Gasteiger partial charge in [0.1, 0.15) is 36.3 Å². The second kappa shape index (κ2) is 27.3. The molecule has 0 saturated carbocycles. The van der Waals surface area contributed by atoms with E-state index in [1.807, 2.05) is 13.8 Å². The molecule has 16 N–H and O–H groups in total. The number of para-hydroxylation sites is 2. The SMILES string of the molecule is CC(C)CC(N)C(=O)NC(CC(=O)O)C(=O)NC(Cc1c[nH]c2ccccc12)C(=O)NC(C)C(=O)NC(Cc1c[nH]c2ccccc12)C(=O)NC(CC(C)C)C(=O)NC(CCC(N)=O)C(=O)NC(C(=O)O)C(C)O. The highest BCUT2D eigenvalue weighted by Crippen LogP contribution is 2.21. The summed E-state index contributed by atoms with van der Waals surface area (Å²) in [6.07, 6.45) is -0.0342. The Kier molecular flexibility index (Phi) is 21.6. The second-order valence-electron chi connectivity index (χ2n) is 19.2. The molecule has 0 aliphatic carbocycles. The Labute approximate surface area is 426 Å². The van der Waals surface area contributed by atoms with E-state index in [0.717, 1.165) is 6.92 Å². The van der Waals surface area contributed by atoms with Crippen molar-refractivity contribution in [2.45, 2.75) is 141 Å². The fraction of sp³-hybridized carbons (Fsp3) is 0.480. The third-order valence-corrected chi connectivity index (χ3v) is 12.0. The predicted octanol–water partition coefficient (Wildman–Crippen LogP) is -0.527. The van der Waals surface area contributed by atoms with Crippen molar-refractivity contribution in [2.75, 3.05) is 0 Å². The lowest BCUT2D eigenvalue weighted by atomic mass is 9.99. The van der Waals surface area contributed by atoms with E-state index in [-0.39, 0.29) is 43.9 Å². The number of benzene rings is 2. The standard InChI is InChI=1S/C50H69N11O13/c1-24(2)17-32(51)44(67)58-39(21-41(64)65)49(72)60-37(19-28-22-53-33-13-9-7-11-30(28)33)46(69)55-26(5)43(66)57-38(20-29-23-54-34-14-10-8-12-31(29)34)48(71)59-36(18-25(3)4)47(70)56-35(15-16-40(52)63)45(68)61-42(27(6)62)50(73)74/h7-14,22-27,32,35-39,42,53-54,62H,15-21,51H2,1-6H3,(H2,52,63)(H,55,69)(H,56,70)(H,57,66)(H,58,67)(H,59,71)(H,60,72)(H,61,68)(H,64,65)(H,73,74). The molecule has 0 fully saturated rings. The van der Waals surface area contributed by atoms with Crippen molar-refractivity contribution < 1.29 is 63.3 Å². The van der Waals surface area contributed by atoms with Crippen molar-refractivity contribution in [3.05, 3.63) is 72.1 Å². The van der Waals surface area contributed by atoms with Gasteiger partial charge in [0.05, 0.1) is 18.6 Å². The lowest BCUT2D eigenvalue weighted by molar-refractivity contribution is -0.145. The Morgan fingerprint density at radius 3 is 1.46 bits per heavy atom. The molecule has 2 heterocycles. The predicted molar refractivity (Wildman–Crippen MR) is 270 cm³/mol. The van der Waals surface area contributed by atoms with Crippen molar-refractivity contribution in [3.63, 3.8) is 0 Å². The molecule has 2 aromatic heterocycles. The summed E-state index contributed by atoms with van der Waals surface area (Å²) >= 11 is 0. The Morgan fingerprint density at radius 1 is 0.541 bits per heavy atom. The highest BCUT2D eigenvalue weighted by molar-refractivity contribution is 5.99. The number of aromatic nitrogens is 2. The van der Waals surface area contributed by atoms with Gasteiger partial charge in [-0.05, 0) is 68.2 Å². The topological polar surface area (TPSA) is 399 Å². The van der Waals surface area contributed by atoms with Gasteiger partial charge in [-0.3, -0.25) is 43.2 Å². The molecule has 0 spiro atoms. The number of aliphatic hydroxyl groups excluding tert-OH is 1. The van der Waals surface area contributed by atoms with Crippen LogP contribution in [-0.4, -0.2) is 139 Å². The molecule has 0 aliphatic heterocycles. The molecule has 0 bridgehead atoms. The molecule has 24 nitrogen and oxygen atoms in total. The summed E-state index contributed by atoms with van der Waals surface area (Å²) in [5.74, 6) is -10.5. The third kappa shape index (κ3) is 17.4. The van der Waals surface area contributed by atoms with Gasteiger partial charge in [-0.25, -0.2) is 4.79 Å². The van der Waals surface area contributed by atoms with Crippen molar-refractivity contribution in [3.8, 4) is 0 Å². The van der Waals surface area contributed by atoms with Crippen molar-refractivity contribution in [1.29, 1.82) is 0 Å². The summed E-state index contributed by atoms with van der Waals surface area (Å²) in [6.45, 7) is 9.61. The molecule has 402 valence electrons. The first kappa shape index (κ1) is 58.7. The number of hydrogen-bond acceptors (Lipinski definition) is 12. The lowest BCUT2D eigenvalue weighted by Crippen LogP contribution is -2.60. The molecule has 0 aliphatic rings. The number of carboxylic acid groups (broad SMARTS) is 2. The van der Waals surface area contributed by atoms with E-state index in [2.05, 4.69) is 47.2 Å². The molecule has 24 heteroatoms. The Morgan fingerprint density at radius 2 is 0.973 bits per heavy atom. The largest absolute Gasteiger partial charge is 0.481 e. The summed E-state index contributed by atoms with van der Waals surface area (Å²) in [5.41, 5.74) is 13.9. The van der Waals surface area contributed by atoms with Crippen LogP contribution in [0.1, 0.15) is 84.8 Å². The number of aromatic amines is 2. The number of nitrogens with two attached hydrogens (primary N) is 2. The minimum absolute atomic E-state index is 0.000859. The number of carbonyl (C=O) groups is 10. The van der Waals surface area contributed by atoms with Gasteiger partial charge in [-0.2, -0.15) is 0 Å². The maximum Gasteiger partial charge on any atom is 0.328 e. The van der Waals surface area contributed by atoms with Crippen LogP contribution in [0, 0.1) is 11.8 Å². The van der Waals surface area contributed by atoms with Gasteiger partial charge in [-0.15, -0.1) is 0 Å². The highest BCUT2D eigenvalue weighted by Gasteiger charge is 2.36. The van der Waals surface area contributed by atoms with E-state index in [0.29, 0.717) is 32.9 Å². The average molecular weight is 1030 g/mol. The van der Waals surface area contributed by atoms with Gasteiger partial charge < -0.3 is 74.0 Å². The number of aliphatic carboxylic acids is 2. The summed E-state index contributed by atoms with van der Waals surface area (Å²) in [4.78, 5) is 139. The Bertz CT molecular complexity index is 2660. The molecule has 4 aromatic rings. The molecule has 8 amide bonds. The number of carbonyl (C=O) groups excluding carboxylic acids is 8. The molecule has 2 aromatic carbocycles. The number of carboxylic acids is 2. The number of nitrogens with one attached hydrogen (secondary N) is 9. The van der Waals surface area contributed by atoms with Gasteiger partial charge in [0.2, 0.25) is 47.3 Å². The quantitative estimate of drug-likeness (QED) is 0.0325. The summed E-state index contributed by atoms with van der Waals surface area (Å²) in [7, 11) is 0. The number of H-pyrrole nitrogens is 2. The van der Waals surface area contributed by atoms with Crippen LogP contribution >= 0.6 is 0 Å². The summed E-state index contributed by atoms with van der Waals surface area (Å²) in [6, 6.07) is 2.51. The van der Waals surface area contributed by atoms with Crippen LogP contribution in [0.2, 0.25) is 0 Å². The number of hydrogen-bond donors (Lipinski definition) is 14. The molecular weight excluding hydrogens is 963 g/mol. The normalized spacial score (nSPS) is 15.1. The second-order valence-corrected chi connectivity index (χ2v) is 19.2. The minimum Gasteiger partial charge on any atom is -0.481 e. The maximum absolute atomic E-state index is 14.5. The molecule has 0 saturated heterocycles. The van der Waals surface area contributed by atoms with Gasteiger partial charge in [0.25, 0.3) is 0 Å². The van der Waals surface area contributed by atoms with E-state index in [4.69, 9.17) is 11.5 Å². The summed E-state index contributed by atoms with van der Waals surface area (Å²) in [5, 5.41) is 48.1. The number of fused-ring (bicyclic) bond motifs is 2. The zero-order chi connectivity index (χ0) is 55.0. The zero-order valence-electron chi connectivity index (χ0n) is 42.2. The first-order chi connectivity index (χ1) is 34.8. The van der Waals surface area contributed by atoms with Crippen LogP contribution in [0.4, 0.5) is 0 Å². The first-order valence-electron chi connectivity index (χ1n) is 24.2. The first-order valence-corrected chi connectivity index (χ1v) is 24.2.